The first-order valence-electron chi connectivity index (χ1n) is 12.3. The van der Waals surface area contributed by atoms with Crippen molar-refractivity contribution in [3.05, 3.63) is 47.5 Å². The summed E-state index contributed by atoms with van der Waals surface area (Å²) < 4.78 is 5.62. The first kappa shape index (κ1) is 20.9. The molecule has 1 aromatic carbocycles. The van der Waals surface area contributed by atoms with Gasteiger partial charge in [-0.05, 0) is 92.6 Å². The molecule has 0 N–H and O–H groups in total. The minimum atomic E-state index is -0.114. The molecule has 0 heterocycles. The van der Waals surface area contributed by atoms with Gasteiger partial charge in [-0.2, -0.15) is 0 Å². The number of carbonyl (C=O) groups excluding carboxylic acids is 1. The third-order valence-electron chi connectivity index (χ3n) is 9.65. The molecule has 164 valence electrons. The average Bonchev–Trinajstić information content (AvgIpc) is 3.09. The number of hydrogen-bond donors (Lipinski definition) is 0. The van der Waals surface area contributed by atoms with Crippen LogP contribution in [0.25, 0.3) is 0 Å². The van der Waals surface area contributed by atoms with Gasteiger partial charge in [-0.15, -0.1) is 0 Å². The average molecular weight is 417 g/mol. The molecule has 0 unspecified atom stereocenters. The Kier molecular flexibility index (Phi) is 5.28. The van der Waals surface area contributed by atoms with Crippen LogP contribution < -0.4 is 0 Å². The van der Waals surface area contributed by atoms with Gasteiger partial charge >= 0.3 is 5.97 Å². The van der Waals surface area contributed by atoms with E-state index in [0.29, 0.717) is 11.3 Å². The van der Waals surface area contributed by atoms with Gasteiger partial charge in [0.25, 0.3) is 0 Å². The van der Waals surface area contributed by atoms with Crippen molar-refractivity contribution in [2.45, 2.75) is 78.2 Å². The molecule has 1 aromatic rings. The lowest BCUT2D eigenvalue weighted by Gasteiger charge is -2.60. The largest absolute Gasteiger partial charge is 0.463 e. The van der Waals surface area contributed by atoms with E-state index in [1.54, 1.807) is 6.92 Å². The quantitative estimate of drug-likeness (QED) is 0.383. The molecule has 0 aromatic heterocycles. The molecule has 0 saturated heterocycles. The first-order valence-corrected chi connectivity index (χ1v) is 12.3. The van der Waals surface area contributed by atoms with E-state index in [1.807, 2.05) is 0 Å². The molecular weight excluding hydrogens is 380 g/mol. The molecule has 7 atom stereocenters. The van der Waals surface area contributed by atoms with Crippen molar-refractivity contribution in [3.63, 3.8) is 0 Å². The number of esters is 1. The van der Waals surface area contributed by atoms with Crippen molar-refractivity contribution < 1.29 is 9.53 Å². The van der Waals surface area contributed by atoms with E-state index in [0.717, 1.165) is 36.2 Å². The van der Waals surface area contributed by atoms with Crippen LogP contribution in [0.1, 0.15) is 77.7 Å². The van der Waals surface area contributed by atoms with Crippen molar-refractivity contribution in [1.29, 1.82) is 0 Å². The standard InChI is InChI=1S/C29H36O2/c1-20(30)31-24-15-17-29(3)23(19-24)11-13-25-26-14-12-22(28(26,2)18-16-27(25)29)10-9-21-7-5-4-6-8-21/h4-8,12,23-27H,11,13-19H2,1-3H3/t23-,24+,25+,26+,27+,28-,29-/m0/s1. The summed E-state index contributed by atoms with van der Waals surface area (Å²) in [6.45, 7) is 6.62. The molecule has 4 aliphatic carbocycles. The van der Waals surface area contributed by atoms with Crippen LogP contribution in [-0.4, -0.2) is 12.1 Å². The molecular formula is C29H36O2. The minimum Gasteiger partial charge on any atom is -0.463 e. The molecule has 5 rings (SSSR count). The molecule has 4 aliphatic rings. The second-order valence-corrected chi connectivity index (χ2v) is 11.1. The normalized spacial score (nSPS) is 41.0. The van der Waals surface area contributed by atoms with Gasteiger partial charge in [0.05, 0.1) is 0 Å². The third-order valence-corrected chi connectivity index (χ3v) is 9.65. The Morgan fingerprint density at radius 1 is 1.00 bits per heavy atom. The van der Waals surface area contributed by atoms with Crippen LogP contribution in [0.5, 0.6) is 0 Å². The van der Waals surface area contributed by atoms with Gasteiger partial charge in [0.2, 0.25) is 0 Å². The van der Waals surface area contributed by atoms with Crippen LogP contribution in [0.3, 0.4) is 0 Å². The molecule has 0 spiro atoms. The number of carbonyl (C=O) groups is 1. The molecule has 3 fully saturated rings. The van der Waals surface area contributed by atoms with E-state index >= 15 is 0 Å². The van der Waals surface area contributed by atoms with Crippen LogP contribution in [-0.2, 0) is 9.53 Å². The van der Waals surface area contributed by atoms with E-state index in [1.165, 1.54) is 44.1 Å². The Balaban J connectivity index is 1.33. The number of allylic oxidation sites excluding steroid dienone is 2. The second-order valence-electron chi connectivity index (χ2n) is 11.1. The Bertz CT molecular complexity index is 934. The maximum absolute atomic E-state index is 11.5. The molecule has 2 nitrogen and oxygen atoms in total. The van der Waals surface area contributed by atoms with Gasteiger partial charge < -0.3 is 4.74 Å². The summed E-state index contributed by atoms with van der Waals surface area (Å²) in [7, 11) is 0. The third kappa shape index (κ3) is 3.55. The Morgan fingerprint density at radius 3 is 2.58 bits per heavy atom. The van der Waals surface area contributed by atoms with E-state index in [2.05, 4.69) is 62.1 Å². The minimum absolute atomic E-state index is 0.114. The zero-order valence-corrected chi connectivity index (χ0v) is 19.3. The Labute approximate surface area is 187 Å². The van der Waals surface area contributed by atoms with Crippen LogP contribution in [0.4, 0.5) is 0 Å². The second kappa shape index (κ2) is 7.84. The zero-order valence-electron chi connectivity index (χ0n) is 19.3. The highest BCUT2D eigenvalue weighted by Gasteiger charge is 2.58. The van der Waals surface area contributed by atoms with E-state index in [4.69, 9.17) is 4.74 Å². The van der Waals surface area contributed by atoms with Crippen molar-refractivity contribution in [1.82, 2.24) is 0 Å². The summed E-state index contributed by atoms with van der Waals surface area (Å²) in [5.74, 6) is 9.99. The van der Waals surface area contributed by atoms with Crippen LogP contribution in [0.15, 0.2) is 42.0 Å². The summed E-state index contributed by atoms with van der Waals surface area (Å²) >= 11 is 0. The SMILES string of the molecule is CC(=O)O[C@@H]1CC[C@@]2(C)[C@@H](CC[C@H]3[C@H]2CC[C@@]2(C)C(C#Cc4ccccc4)=CC[C@H]32)C1. The predicted octanol–water partition coefficient (Wildman–Crippen LogP) is 6.55. The molecule has 0 aliphatic heterocycles. The molecule has 2 heteroatoms. The van der Waals surface area contributed by atoms with Gasteiger partial charge in [0, 0.05) is 23.5 Å². The van der Waals surface area contributed by atoms with Gasteiger partial charge in [0.1, 0.15) is 6.10 Å². The predicted molar refractivity (Wildman–Crippen MR) is 124 cm³/mol. The Hall–Kier alpha value is -2.01. The molecule has 3 saturated carbocycles. The number of rotatable bonds is 1. The molecule has 0 radical (unpaired) electrons. The smallest absolute Gasteiger partial charge is 0.302 e. The van der Waals surface area contributed by atoms with E-state index < -0.39 is 0 Å². The van der Waals surface area contributed by atoms with Gasteiger partial charge in [-0.1, -0.05) is 50.0 Å². The fourth-order valence-electron chi connectivity index (χ4n) is 7.98. The van der Waals surface area contributed by atoms with Gasteiger partial charge in [-0.25, -0.2) is 0 Å². The molecule has 0 bridgehead atoms. The van der Waals surface area contributed by atoms with E-state index in [9.17, 15) is 4.79 Å². The molecule has 0 amide bonds. The highest BCUT2D eigenvalue weighted by atomic mass is 16.5. The fourth-order valence-corrected chi connectivity index (χ4v) is 7.98. The summed E-state index contributed by atoms with van der Waals surface area (Å²) in [5.41, 5.74) is 3.17. The number of benzene rings is 1. The topological polar surface area (TPSA) is 26.3 Å². The first-order chi connectivity index (χ1) is 14.9. The molecule has 31 heavy (non-hydrogen) atoms. The zero-order chi connectivity index (χ0) is 21.6. The lowest BCUT2D eigenvalue weighted by atomic mass is 9.44. The van der Waals surface area contributed by atoms with Crippen LogP contribution >= 0.6 is 0 Å². The highest BCUT2D eigenvalue weighted by molar-refractivity contribution is 5.66. The van der Waals surface area contributed by atoms with E-state index in [-0.39, 0.29) is 17.5 Å². The van der Waals surface area contributed by atoms with Crippen LogP contribution in [0, 0.1) is 46.3 Å². The van der Waals surface area contributed by atoms with Crippen LogP contribution in [0.2, 0.25) is 0 Å². The maximum Gasteiger partial charge on any atom is 0.302 e. The number of ether oxygens (including phenoxy) is 1. The highest BCUT2D eigenvalue weighted by Crippen LogP contribution is 2.66. The van der Waals surface area contributed by atoms with Crippen molar-refractivity contribution in [2.24, 2.45) is 34.5 Å². The monoisotopic (exact) mass is 416 g/mol. The van der Waals surface area contributed by atoms with Gasteiger partial charge in [0.15, 0.2) is 0 Å². The van der Waals surface area contributed by atoms with Crippen molar-refractivity contribution >= 4 is 5.97 Å². The summed E-state index contributed by atoms with van der Waals surface area (Å²) in [5, 5.41) is 0. The summed E-state index contributed by atoms with van der Waals surface area (Å²) in [4.78, 5) is 11.5. The summed E-state index contributed by atoms with van der Waals surface area (Å²) in [6.07, 6.45) is 12.4. The van der Waals surface area contributed by atoms with Gasteiger partial charge in [-0.3, -0.25) is 4.79 Å². The maximum atomic E-state index is 11.5. The lowest BCUT2D eigenvalue weighted by Crippen LogP contribution is -2.53. The Morgan fingerprint density at radius 2 is 1.81 bits per heavy atom. The number of hydrogen-bond acceptors (Lipinski definition) is 2. The number of fused-ring (bicyclic) bond motifs is 5. The van der Waals surface area contributed by atoms with Crippen molar-refractivity contribution in [2.75, 3.05) is 0 Å². The summed E-state index contributed by atoms with van der Waals surface area (Å²) in [6, 6.07) is 10.4. The van der Waals surface area contributed by atoms with Crippen molar-refractivity contribution in [3.8, 4) is 11.8 Å². The lowest BCUT2D eigenvalue weighted by molar-refractivity contribution is -0.158. The fraction of sp³-hybridized carbons (Fsp3) is 0.621.